The monoisotopic (exact) mass is 286 g/mol. The second-order valence-electron chi connectivity index (χ2n) is 3.97. The van der Waals surface area contributed by atoms with Gasteiger partial charge in [0.25, 0.3) is 0 Å². The summed E-state index contributed by atoms with van der Waals surface area (Å²) >= 11 is 6.05. The summed E-state index contributed by atoms with van der Waals surface area (Å²) in [6.07, 6.45) is 0. The van der Waals surface area contributed by atoms with Crippen molar-refractivity contribution in [3.8, 4) is 0 Å². The number of ether oxygens (including phenoxy) is 1. The number of nitrogens with one attached hydrogen (secondary N) is 1. The molecule has 0 unspecified atom stereocenters. The zero-order valence-electron chi connectivity index (χ0n) is 10.6. The number of anilines is 2. The van der Waals surface area contributed by atoms with Crippen molar-refractivity contribution in [2.75, 3.05) is 37.5 Å². The fraction of sp³-hybridized carbons (Fsp3) is 0.333. The number of hydrogen-bond acceptors (Lipinski definition) is 4. The average Bonchev–Trinajstić information content (AvgIpc) is 2.27. The third-order valence-corrected chi connectivity index (χ3v) is 2.47. The van der Waals surface area contributed by atoms with Crippen LogP contribution in [0.3, 0.4) is 0 Å². The number of nitrogens with zero attached hydrogens (tertiary/aromatic N) is 1. The molecule has 1 rings (SSSR count). The number of rotatable bonds is 6. The molecule has 1 amide bonds. The zero-order chi connectivity index (χ0) is 14.4. The van der Waals surface area contributed by atoms with Crippen molar-refractivity contribution in [1.29, 1.82) is 0 Å². The largest absolute Gasteiger partial charge is 0.480 e. The number of benzene rings is 1. The summed E-state index contributed by atoms with van der Waals surface area (Å²) in [6.45, 7) is -0.838. The third-order valence-electron chi connectivity index (χ3n) is 2.17. The molecule has 1 aromatic rings. The molecule has 0 aliphatic heterocycles. The van der Waals surface area contributed by atoms with Crippen LogP contribution in [0.15, 0.2) is 18.2 Å². The van der Waals surface area contributed by atoms with Crippen molar-refractivity contribution >= 4 is 34.9 Å². The highest BCUT2D eigenvalue weighted by molar-refractivity contribution is 6.34. The van der Waals surface area contributed by atoms with Crippen molar-refractivity contribution in [1.82, 2.24) is 0 Å². The molecule has 0 saturated carbocycles. The molecule has 0 aromatic heterocycles. The minimum absolute atomic E-state index is 0.328. The van der Waals surface area contributed by atoms with Crippen LogP contribution in [0, 0.1) is 0 Å². The Morgan fingerprint density at radius 1 is 1.37 bits per heavy atom. The lowest BCUT2D eigenvalue weighted by Crippen LogP contribution is -2.22. The van der Waals surface area contributed by atoms with Gasteiger partial charge in [0.1, 0.15) is 13.2 Å². The fourth-order valence-corrected chi connectivity index (χ4v) is 1.83. The molecule has 0 saturated heterocycles. The highest BCUT2D eigenvalue weighted by atomic mass is 35.5. The van der Waals surface area contributed by atoms with E-state index < -0.39 is 18.5 Å². The maximum absolute atomic E-state index is 11.6. The molecular formula is C12H15ClN2O4. The highest BCUT2D eigenvalue weighted by Gasteiger charge is 2.12. The van der Waals surface area contributed by atoms with E-state index >= 15 is 0 Å². The first kappa shape index (κ1) is 15.3. The van der Waals surface area contributed by atoms with Crippen molar-refractivity contribution in [3.05, 3.63) is 23.2 Å². The van der Waals surface area contributed by atoms with E-state index in [1.54, 1.807) is 37.2 Å². The SMILES string of the molecule is CN(C)c1c(Cl)cccc1NC(=O)COCC(=O)O. The number of amides is 1. The molecule has 2 N–H and O–H groups in total. The Morgan fingerprint density at radius 2 is 2.05 bits per heavy atom. The molecule has 7 heteroatoms. The number of carbonyl (C=O) groups excluding carboxylic acids is 1. The number of hydrogen-bond donors (Lipinski definition) is 2. The van der Waals surface area contributed by atoms with Gasteiger partial charge in [0.15, 0.2) is 0 Å². The number of carboxylic acids is 1. The third kappa shape index (κ3) is 4.76. The lowest BCUT2D eigenvalue weighted by atomic mass is 10.2. The van der Waals surface area contributed by atoms with Crippen LogP contribution in [0.25, 0.3) is 0 Å². The molecule has 0 spiro atoms. The van der Waals surface area contributed by atoms with E-state index in [9.17, 15) is 9.59 Å². The fourth-order valence-electron chi connectivity index (χ4n) is 1.49. The first-order chi connectivity index (χ1) is 8.91. The van der Waals surface area contributed by atoms with E-state index in [0.717, 1.165) is 0 Å². The molecule has 0 heterocycles. The molecule has 0 aliphatic rings. The minimum atomic E-state index is -1.12. The summed E-state index contributed by atoms with van der Waals surface area (Å²) in [5.74, 6) is -1.56. The quantitative estimate of drug-likeness (QED) is 0.827. The van der Waals surface area contributed by atoms with Gasteiger partial charge >= 0.3 is 5.97 Å². The van der Waals surface area contributed by atoms with E-state index in [0.29, 0.717) is 16.4 Å². The summed E-state index contributed by atoms with van der Waals surface area (Å²) in [7, 11) is 3.61. The molecule has 0 radical (unpaired) electrons. The topological polar surface area (TPSA) is 78.9 Å². The first-order valence-electron chi connectivity index (χ1n) is 5.47. The molecule has 0 fully saturated rings. The normalized spacial score (nSPS) is 10.1. The van der Waals surface area contributed by atoms with E-state index in [1.807, 2.05) is 0 Å². The summed E-state index contributed by atoms with van der Waals surface area (Å²) < 4.78 is 4.70. The van der Waals surface area contributed by atoms with Crippen LogP contribution >= 0.6 is 11.6 Å². The lowest BCUT2D eigenvalue weighted by molar-refractivity contribution is -0.143. The number of carboxylic acid groups (broad SMARTS) is 1. The van der Waals surface area contributed by atoms with Gasteiger partial charge in [-0.1, -0.05) is 17.7 Å². The maximum atomic E-state index is 11.6. The van der Waals surface area contributed by atoms with Gasteiger partial charge in [-0.05, 0) is 12.1 Å². The van der Waals surface area contributed by atoms with Gasteiger partial charge < -0.3 is 20.1 Å². The lowest BCUT2D eigenvalue weighted by Gasteiger charge is -2.19. The Hall–Kier alpha value is -1.79. The zero-order valence-corrected chi connectivity index (χ0v) is 11.4. The average molecular weight is 287 g/mol. The van der Waals surface area contributed by atoms with Crippen molar-refractivity contribution < 1.29 is 19.4 Å². The number of halogens is 1. The molecular weight excluding hydrogens is 272 g/mol. The Kier molecular flexibility index (Phi) is 5.59. The highest BCUT2D eigenvalue weighted by Crippen LogP contribution is 2.32. The van der Waals surface area contributed by atoms with Gasteiger partial charge in [-0.25, -0.2) is 4.79 Å². The molecule has 0 bridgehead atoms. The van der Waals surface area contributed by atoms with Crippen LogP contribution < -0.4 is 10.2 Å². The van der Waals surface area contributed by atoms with Crippen molar-refractivity contribution in [3.63, 3.8) is 0 Å². The van der Waals surface area contributed by atoms with E-state index in [4.69, 9.17) is 21.4 Å². The molecule has 1 aromatic carbocycles. The van der Waals surface area contributed by atoms with Gasteiger partial charge in [0.2, 0.25) is 5.91 Å². The standard InChI is InChI=1S/C12H15ClN2O4/c1-15(2)12-8(13)4-3-5-9(12)14-10(16)6-19-7-11(17)18/h3-5H,6-7H2,1-2H3,(H,14,16)(H,17,18). The second kappa shape index (κ2) is 6.96. The van der Waals surface area contributed by atoms with Gasteiger partial charge in [0.05, 0.1) is 16.4 Å². The van der Waals surface area contributed by atoms with Crippen LogP contribution in [0.5, 0.6) is 0 Å². The first-order valence-corrected chi connectivity index (χ1v) is 5.85. The van der Waals surface area contributed by atoms with Crippen LogP contribution in [-0.2, 0) is 14.3 Å². The molecule has 6 nitrogen and oxygen atoms in total. The van der Waals surface area contributed by atoms with E-state index in [1.165, 1.54) is 0 Å². The second-order valence-corrected chi connectivity index (χ2v) is 4.37. The van der Waals surface area contributed by atoms with E-state index in [2.05, 4.69) is 5.32 Å². The van der Waals surface area contributed by atoms with Gasteiger partial charge in [0, 0.05) is 14.1 Å². The van der Waals surface area contributed by atoms with Crippen molar-refractivity contribution in [2.24, 2.45) is 0 Å². The number of para-hydroxylation sites is 1. The van der Waals surface area contributed by atoms with Gasteiger partial charge in [-0.3, -0.25) is 4.79 Å². The Balaban J connectivity index is 2.69. The van der Waals surface area contributed by atoms with Crippen LogP contribution in [0.1, 0.15) is 0 Å². The summed E-state index contributed by atoms with van der Waals surface area (Å²) in [4.78, 5) is 23.6. The predicted octanol–water partition coefficient (Wildman–Crippen LogP) is 1.45. The van der Waals surface area contributed by atoms with Gasteiger partial charge in [-0.15, -0.1) is 0 Å². The van der Waals surface area contributed by atoms with Crippen LogP contribution in [-0.4, -0.2) is 44.3 Å². The summed E-state index contributed by atoms with van der Waals surface area (Å²) in [6, 6.07) is 5.13. The summed E-state index contributed by atoms with van der Waals surface area (Å²) in [5.41, 5.74) is 1.22. The number of aliphatic carboxylic acids is 1. The smallest absolute Gasteiger partial charge is 0.329 e. The predicted molar refractivity (Wildman–Crippen MR) is 72.9 cm³/mol. The minimum Gasteiger partial charge on any atom is -0.480 e. The Morgan fingerprint density at radius 3 is 2.63 bits per heavy atom. The van der Waals surface area contributed by atoms with Crippen molar-refractivity contribution in [2.45, 2.75) is 0 Å². The molecule has 0 atom stereocenters. The number of carbonyl (C=O) groups is 2. The Bertz CT molecular complexity index is 477. The van der Waals surface area contributed by atoms with E-state index in [-0.39, 0.29) is 6.61 Å². The van der Waals surface area contributed by atoms with Crippen LogP contribution in [0.2, 0.25) is 5.02 Å². The van der Waals surface area contributed by atoms with Crippen LogP contribution in [0.4, 0.5) is 11.4 Å². The Labute approximate surface area is 115 Å². The van der Waals surface area contributed by atoms with Gasteiger partial charge in [-0.2, -0.15) is 0 Å². The summed E-state index contributed by atoms with van der Waals surface area (Å²) in [5, 5.41) is 11.5. The molecule has 0 aliphatic carbocycles. The molecule has 19 heavy (non-hydrogen) atoms. The molecule has 104 valence electrons. The maximum Gasteiger partial charge on any atom is 0.329 e.